The molecular weight excluding hydrogens is 552 g/mol. The molecule has 0 aromatic heterocycles. The van der Waals surface area contributed by atoms with Crippen molar-refractivity contribution in [3.63, 3.8) is 0 Å². The van der Waals surface area contributed by atoms with Crippen molar-refractivity contribution in [1.82, 2.24) is 15.5 Å². The van der Waals surface area contributed by atoms with Gasteiger partial charge >= 0.3 is 11.9 Å². The minimum atomic E-state index is -0.887. The summed E-state index contributed by atoms with van der Waals surface area (Å²) in [5.74, 6) is -4.38. The number of benzene rings is 2. The number of esters is 2. The molecule has 220 valence electrons. The Morgan fingerprint density at radius 1 is 0.786 bits per heavy atom. The van der Waals surface area contributed by atoms with Gasteiger partial charge in [0, 0.05) is 26.1 Å². The van der Waals surface area contributed by atoms with Crippen LogP contribution in [0, 0.1) is 22.7 Å². The molecule has 0 radical (unpaired) electrons. The molecule has 0 atom stereocenters. The molecule has 42 heavy (non-hydrogen) atoms. The van der Waals surface area contributed by atoms with E-state index in [1.165, 1.54) is 36.4 Å². The quantitative estimate of drug-likeness (QED) is 0.179. The van der Waals surface area contributed by atoms with E-state index in [1.54, 1.807) is 12.1 Å². The van der Waals surface area contributed by atoms with Crippen LogP contribution in [0.3, 0.4) is 0 Å². The first kappa shape index (κ1) is 32.5. The molecule has 2 rings (SSSR count). The van der Waals surface area contributed by atoms with E-state index in [0.717, 1.165) is 4.90 Å². The lowest BCUT2D eigenvalue weighted by molar-refractivity contribution is -0.139. The van der Waals surface area contributed by atoms with Crippen LogP contribution in [0.25, 0.3) is 0 Å². The van der Waals surface area contributed by atoms with Crippen molar-refractivity contribution in [1.29, 1.82) is 10.5 Å². The van der Waals surface area contributed by atoms with Crippen molar-refractivity contribution in [2.75, 3.05) is 32.8 Å². The maximum absolute atomic E-state index is 12.5. The average molecular weight is 581 g/mol. The number of carbonyl (C=O) groups excluding carboxylic acids is 5. The predicted molar refractivity (Wildman–Crippen MR) is 142 cm³/mol. The molecule has 0 saturated carbocycles. The summed E-state index contributed by atoms with van der Waals surface area (Å²) in [6.07, 6.45) is -0.116. The molecule has 0 unspecified atom stereocenters. The van der Waals surface area contributed by atoms with Crippen molar-refractivity contribution in [3.05, 3.63) is 58.7 Å². The Morgan fingerprint density at radius 3 is 1.57 bits per heavy atom. The van der Waals surface area contributed by atoms with Crippen LogP contribution < -0.4 is 16.4 Å². The van der Waals surface area contributed by atoms with Gasteiger partial charge in [0.1, 0.15) is 47.9 Å². The molecule has 0 spiro atoms. The number of ether oxygens (including phenoxy) is 2. The van der Waals surface area contributed by atoms with E-state index in [4.69, 9.17) is 16.3 Å². The second kappa shape index (κ2) is 16.4. The van der Waals surface area contributed by atoms with Crippen molar-refractivity contribution in [3.8, 4) is 23.6 Å². The van der Waals surface area contributed by atoms with E-state index in [-0.39, 0.29) is 37.2 Å². The number of rotatable bonds is 14. The van der Waals surface area contributed by atoms with Crippen LogP contribution in [-0.4, -0.2) is 77.6 Å². The zero-order valence-corrected chi connectivity index (χ0v) is 22.3. The Balaban J connectivity index is 1.95. The minimum absolute atomic E-state index is 0.0105. The van der Waals surface area contributed by atoms with Crippen LogP contribution in [-0.2, 0) is 36.9 Å². The monoisotopic (exact) mass is 580 g/mol. The molecule has 0 aliphatic rings. The van der Waals surface area contributed by atoms with Gasteiger partial charge in [-0.1, -0.05) is 12.1 Å². The fourth-order valence-corrected chi connectivity index (χ4v) is 3.44. The molecule has 0 saturated heterocycles. The standard InChI is InChI=1S/C27H28N6O9/c28-6-5-25(38)33(15-23(36)31-13-17-1-3-19(21(34)11-17)26(39)41-9-7-29)16-24(37)32-14-18-2-4-20(22(35)12-18)27(40)42-10-8-30/h1-4,11-12,34-35H,5-6,9-10,13-16,28H2,(H,31,36)(H,32,37). The third-order valence-corrected chi connectivity index (χ3v) is 5.46. The highest BCUT2D eigenvalue weighted by atomic mass is 16.5. The summed E-state index contributed by atoms with van der Waals surface area (Å²) < 4.78 is 9.28. The number of nitrogens with zero attached hydrogens (tertiary/aromatic N) is 3. The molecule has 0 aliphatic carbocycles. The normalized spacial score (nSPS) is 9.98. The zero-order chi connectivity index (χ0) is 31.1. The number of phenols is 2. The van der Waals surface area contributed by atoms with Crippen molar-refractivity contribution >= 4 is 29.7 Å². The summed E-state index contributed by atoms with van der Waals surface area (Å²) in [5, 5.41) is 42.2. The van der Waals surface area contributed by atoms with Gasteiger partial charge in [-0.15, -0.1) is 0 Å². The molecule has 15 heteroatoms. The topological polar surface area (TPSA) is 245 Å². The minimum Gasteiger partial charge on any atom is -0.507 e. The van der Waals surface area contributed by atoms with Crippen LogP contribution in [0.4, 0.5) is 0 Å². The van der Waals surface area contributed by atoms with Crippen LogP contribution >= 0.6 is 0 Å². The van der Waals surface area contributed by atoms with Crippen LogP contribution in [0.1, 0.15) is 38.3 Å². The van der Waals surface area contributed by atoms with Gasteiger partial charge in [0.25, 0.3) is 0 Å². The number of amides is 3. The van der Waals surface area contributed by atoms with Gasteiger partial charge in [0.2, 0.25) is 17.7 Å². The summed E-state index contributed by atoms with van der Waals surface area (Å²) in [7, 11) is 0. The molecule has 2 aromatic rings. The Labute approximate surface area is 240 Å². The number of nitrogens with two attached hydrogens (primary N) is 1. The smallest absolute Gasteiger partial charge is 0.342 e. The number of nitriles is 2. The average Bonchev–Trinajstić information content (AvgIpc) is 2.96. The number of hydrogen-bond acceptors (Lipinski definition) is 12. The van der Waals surface area contributed by atoms with E-state index in [0.29, 0.717) is 11.1 Å². The van der Waals surface area contributed by atoms with Crippen molar-refractivity contribution < 1.29 is 43.7 Å². The Kier molecular flexibility index (Phi) is 12.7. The van der Waals surface area contributed by atoms with E-state index in [9.17, 15) is 34.2 Å². The second-order valence-electron chi connectivity index (χ2n) is 8.51. The van der Waals surface area contributed by atoms with Gasteiger partial charge in [0.05, 0.1) is 0 Å². The molecule has 0 heterocycles. The Morgan fingerprint density at radius 2 is 1.21 bits per heavy atom. The third-order valence-electron chi connectivity index (χ3n) is 5.46. The third kappa shape index (κ3) is 10.1. The molecule has 2 aromatic carbocycles. The lowest BCUT2D eigenvalue weighted by Crippen LogP contribution is -2.46. The van der Waals surface area contributed by atoms with Crippen LogP contribution in [0.15, 0.2) is 36.4 Å². The van der Waals surface area contributed by atoms with Gasteiger partial charge in [-0.2, -0.15) is 10.5 Å². The number of nitrogens with one attached hydrogen (secondary N) is 2. The van der Waals surface area contributed by atoms with Gasteiger partial charge in [-0.25, -0.2) is 9.59 Å². The first-order valence-electron chi connectivity index (χ1n) is 12.3. The van der Waals surface area contributed by atoms with E-state index in [2.05, 4.69) is 20.1 Å². The number of hydrogen-bond donors (Lipinski definition) is 5. The molecule has 0 fully saturated rings. The molecule has 0 aliphatic heterocycles. The van der Waals surface area contributed by atoms with Gasteiger partial charge in [-0.05, 0) is 35.4 Å². The number of phenolic OH excluding ortho intramolecular Hbond substituents is 2. The van der Waals surface area contributed by atoms with E-state index in [1.807, 2.05) is 0 Å². The second-order valence-corrected chi connectivity index (χ2v) is 8.51. The van der Waals surface area contributed by atoms with Gasteiger partial charge in [0.15, 0.2) is 13.2 Å². The fraction of sp³-hybridized carbons (Fsp3) is 0.296. The highest BCUT2D eigenvalue weighted by Gasteiger charge is 2.20. The first-order valence-corrected chi connectivity index (χ1v) is 12.3. The Hall–Kier alpha value is -5.67. The molecule has 3 amide bonds. The number of carbonyl (C=O) groups is 5. The highest BCUT2D eigenvalue weighted by Crippen LogP contribution is 2.21. The summed E-state index contributed by atoms with van der Waals surface area (Å²) in [5.41, 5.74) is 5.98. The summed E-state index contributed by atoms with van der Waals surface area (Å²) in [6.45, 7) is -2.07. The van der Waals surface area contributed by atoms with Crippen LogP contribution in [0.5, 0.6) is 11.5 Å². The first-order chi connectivity index (χ1) is 20.1. The predicted octanol–water partition coefficient (Wildman–Crippen LogP) is -0.431. The van der Waals surface area contributed by atoms with E-state index < -0.39 is 67.5 Å². The molecular formula is C27H28N6O9. The van der Waals surface area contributed by atoms with Crippen molar-refractivity contribution in [2.45, 2.75) is 19.5 Å². The van der Waals surface area contributed by atoms with Gasteiger partial charge in [-0.3, -0.25) is 14.4 Å². The molecule has 15 nitrogen and oxygen atoms in total. The summed E-state index contributed by atoms with van der Waals surface area (Å²) >= 11 is 0. The summed E-state index contributed by atoms with van der Waals surface area (Å²) in [6, 6.07) is 11.2. The van der Waals surface area contributed by atoms with Crippen LogP contribution in [0.2, 0.25) is 0 Å². The Bertz CT molecular complexity index is 1320. The SMILES string of the molecule is N#CCOC(=O)c1ccc(CNC(=O)CN(CC(=O)NCc2ccc(C(=O)OCC#N)c(O)c2)C(=O)CCN)cc1O. The van der Waals surface area contributed by atoms with Gasteiger partial charge < -0.3 is 41.0 Å². The highest BCUT2D eigenvalue weighted by molar-refractivity contribution is 5.93. The zero-order valence-electron chi connectivity index (χ0n) is 22.3. The summed E-state index contributed by atoms with van der Waals surface area (Å²) in [4.78, 5) is 62.2. The maximum atomic E-state index is 12.5. The lowest BCUT2D eigenvalue weighted by Gasteiger charge is -2.22. The maximum Gasteiger partial charge on any atom is 0.342 e. The molecule has 0 bridgehead atoms. The van der Waals surface area contributed by atoms with Crippen molar-refractivity contribution in [2.24, 2.45) is 5.73 Å². The largest absolute Gasteiger partial charge is 0.507 e. The number of aromatic hydroxyl groups is 2. The van der Waals surface area contributed by atoms with E-state index >= 15 is 0 Å². The fourth-order valence-electron chi connectivity index (χ4n) is 3.44. The molecule has 6 N–H and O–H groups in total. The lowest BCUT2D eigenvalue weighted by atomic mass is 10.1.